The standard InChI is InChI=1S/C13H23NO2/c1-2-14-8-4-3-5-11(9-12(15)16)13(14)10-6-7-10/h10-11,13H,2-9H2,1H3,(H,15,16)/t11-,13-/m1/s1. The Kier molecular flexibility index (Phi) is 3.85. The molecule has 0 radical (unpaired) electrons. The predicted molar refractivity (Wildman–Crippen MR) is 63.4 cm³/mol. The molecule has 3 heteroatoms. The second-order valence-electron chi connectivity index (χ2n) is 5.31. The van der Waals surface area contributed by atoms with Crippen molar-refractivity contribution in [1.82, 2.24) is 4.90 Å². The molecule has 0 spiro atoms. The Labute approximate surface area is 97.8 Å². The van der Waals surface area contributed by atoms with E-state index in [0.29, 0.717) is 18.4 Å². The van der Waals surface area contributed by atoms with Gasteiger partial charge in [-0.25, -0.2) is 0 Å². The van der Waals surface area contributed by atoms with Crippen LogP contribution >= 0.6 is 0 Å². The van der Waals surface area contributed by atoms with Crippen LogP contribution in [-0.2, 0) is 4.79 Å². The maximum Gasteiger partial charge on any atom is 0.303 e. The fraction of sp³-hybridized carbons (Fsp3) is 0.923. The predicted octanol–water partition coefficient (Wildman–Crippen LogP) is 2.36. The molecule has 2 fully saturated rings. The highest BCUT2D eigenvalue weighted by atomic mass is 16.4. The summed E-state index contributed by atoms with van der Waals surface area (Å²) in [5.41, 5.74) is 0. The lowest BCUT2D eigenvalue weighted by Gasteiger charge is -2.34. The molecule has 16 heavy (non-hydrogen) atoms. The molecule has 2 atom stereocenters. The highest BCUT2D eigenvalue weighted by Crippen LogP contribution is 2.42. The van der Waals surface area contributed by atoms with Crippen molar-refractivity contribution in [2.24, 2.45) is 11.8 Å². The van der Waals surface area contributed by atoms with Crippen molar-refractivity contribution in [1.29, 1.82) is 0 Å². The maximum atomic E-state index is 10.9. The van der Waals surface area contributed by atoms with E-state index >= 15 is 0 Å². The average molecular weight is 225 g/mol. The number of aliphatic carboxylic acids is 1. The van der Waals surface area contributed by atoms with Crippen LogP contribution in [0.4, 0.5) is 0 Å². The number of hydrogen-bond acceptors (Lipinski definition) is 2. The highest BCUT2D eigenvalue weighted by molar-refractivity contribution is 5.67. The Bertz CT molecular complexity index is 250. The average Bonchev–Trinajstić information content (AvgIpc) is 3.02. The first kappa shape index (κ1) is 11.9. The normalized spacial score (nSPS) is 32.3. The van der Waals surface area contributed by atoms with E-state index in [1.807, 2.05) is 0 Å². The van der Waals surface area contributed by atoms with E-state index < -0.39 is 5.97 Å². The Balaban J connectivity index is 2.07. The van der Waals surface area contributed by atoms with Crippen molar-refractivity contribution in [2.45, 2.75) is 51.5 Å². The first-order valence-corrected chi connectivity index (χ1v) is 6.68. The van der Waals surface area contributed by atoms with Gasteiger partial charge in [0.15, 0.2) is 0 Å². The van der Waals surface area contributed by atoms with Crippen LogP contribution in [0, 0.1) is 11.8 Å². The molecule has 1 saturated heterocycles. The van der Waals surface area contributed by atoms with Crippen LogP contribution in [0.3, 0.4) is 0 Å². The van der Waals surface area contributed by atoms with Crippen molar-refractivity contribution in [3.05, 3.63) is 0 Å². The topological polar surface area (TPSA) is 40.5 Å². The highest BCUT2D eigenvalue weighted by Gasteiger charge is 2.41. The smallest absolute Gasteiger partial charge is 0.303 e. The van der Waals surface area contributed by atoms with Crippen LogP contribution in [0.25, 0.3) is 0 Å². The van der Waals surface area contributed by atoms with E-state index in [2.05, 4.69) is 11.8 Å². The largest absolute Gasteiger partial charge is 0.481 e. The number of hydrogen-bond donors (Lipinski definition) is 1. The van der Waals surface area contributed by atoms with Crippen molar-refractivity contribution in [2.75, 3.05) is 13.1 Å². The monoisotopic (exact) mass is 225 g/mol. The van der Waals surface area contributed by atoms with E-state index in [0.717, 1.165) is 18.9 Å². The summed E-state index contributed by atoms with van der Waals surface area (Å²) in [6.45, 7) is 4.46. The van der Waals surface area contributed by atoms with Gasteiger partial charge in [0, 0.05) is 12.5 Å². The van der Waals surface area contributed by atoms with E-state index in [9.17, 15) is 4.79 Å². The van der Waals surface area contributed by atoms with E-state index in [4.69, 9.17) is 5.11 Å². The Morgan fingerprint density at radius 1 is 1.31 bits per heavy atom. The zero-order valence-corrected chi connectivity index (χ0v) is 10.2. The molecule has 0 aromatic carbocycles. The minimum Gasteiger partial charge on any atom is -0.481 e. The molecule has 1 N–H and O–H groups in total. The van der Waals surface area contributed by atoms with Crippen LogP contribution in [0.15, 0.2) is 0 Å². The lowest BCUT2D eigenvalue weighted by molar-refractivity contribution is -0.138. The molecule has 2 rings (SSSR count). The lowest BCUT2D eigenvalue weighted by atomic mass is 9.88. The minimum atomic E-state index is -0.617. The van der Waals surface area contributed by atoms with Crippen LogP contribution in [-0.4, -0.2) is 35.1 Å². The molecular formula is C13H23NO2. The molecule has 1 aliphatic heterocycles. The van der Waals surface area contributed by atoms with Gasteiger partial charge >= 0.3 is 5.97 Å². The summed E-state index contributed by atoms with van der Waals surface area (Å²) < 4.78 is 0. The van der Waals surface area contributed by atoms with Crippen molar-refractivity contribution in [3.63, 3.8) is 0 Å². The van der Waals surface area contributed by atoms with Gasteiger partial charge in [0.25, 0.3) is 0 Å². The van der Waals surface area contributed by atoms with Gasteiger partial charge in [-0.1, -0.05) is 13.3 Å². The number of rotatable bonds is 4. The Hall–Kier alpha value is -0.570. The van der Waals surface area contributed by atoms with Crippen molar-refractivity contribution < 1.29 is 9.90 Å². The summed E-state index contributed by atoms with van der Waals surface area (Å²) in [5, 5.41) is 9.02. The van der Waals surface area contributed by atoms with Crippen LogP contribution in [0.5, 0.6) is 0 Å². The molecular weight excluding hydrogens is 202 g/mol. The molecule has 1 heterocycles. The van der Waals surface area contributed by atoms with Gasteiger partial charge in [0.2, 0.25) is 0 Å². The Morgan fingerprint density at radius 3 is 2.62 bits per heavy atom. The number of carbonyl (C=O) groups is 1. The summed E-state index contributed by atoms with van der Waals surface area (Å²) in [6.07, 6.45) is 6.57. The second kappa shape index (κ2) is 5.17. The molecule has 3 nitrogen and oxygen atoms in total. The Morgan fingerprint density at radius 2 is 2.06 bits per heavy atom. The quantitative estimate of drug-likeness (QED) is 0.798. The van der Waals surface area contributed by atoms with E-state index in [1.165, 1.54) is 32.2 Å². The molecule has 1 saturated carbocycles. The fourth-order valence-corrected chi connectivity index (χ4v) is 3.28. The van der Waals surface area contributed by atoms with Crippen molar-refractivity contribution >= 4 is 5.97 Å². The summed E-state index contributed by atoms with van der Waals surface area (Å²) in [5.74, 6) is 0.573. The molecule has 0 aromatic heterocycles. The van der Waals surface area contributed by atoms with Gasteiger partial charge in [-0.15, -0.1) is 0 Å². The minimum absolute atomic E-state index is 0.373. The first-order valence-electron chi connectivity index (χ1n) is 6.68. The lowest BCUT2D eigenvalue weighted by Crippen LogP contribution is -2.42. The van der Waals surface area contributed by atoms with E-state index in [1.54, 1.807) is 0 Å². The number of carboxylic acids is 1. The third kappa shape index (κ3) is 2.76. The molecule has 0 aromatic rings. The summed E-state index contributed by atoms with van der Waals surface area (Å²) in [4.78, 5) is 13.5. The van der Waals surface area contributed by atoms with Crippen LogP contribution in [0.1, 0.15) is 45.4 Å². The third-order valence-electron chi connectivity index (χ3n) is 4.12. The van der Waals surface area contributed by atoms with Crippen molar-refractivity contribution in [3.8, 4) is 0 Å². The second-order valence-corrected chi connectivity index (χ2v) is 5.31. The molecule has 1 aliphatic carbocycles. The van der Waals surface area contributed by atoms with Crippen LogP contribution < -0.4 is 0 Å². The first-order chi connectivity index (χ1) is 7.72. The van der Waals surface area contributed by atoms with E-state index in [-0.39, 0.29) is 0 Å². The third-order valence-corrected chi connectivity index (χ3v) is 4.12. The van der Waals surface area contributed by atoms with Gasteiger partial charge in [-0.05, 0) is 50.6 Å². The SMILES string of the molecule is CCN1CCCC[C@H](CC(=O)O)[C@H]1C1CC1. The fourth-order valence-electron chi connectivity index (χ4n) is 3.28. The van der Waals surface area contributed by atoms with Gasteiger partial charge in [0.1, 0.15) is 0 Å². The maximum absolute atomic E-state index is 10.9. The molecule has 2 aliphatic rings. The number of nitrogens with zero attached hydrogens (tertiary/aromatic N) is 1. The summed E-state index contributed by atoms with van der Waals surface area (Å²) in [7, 11) is 0. The summed E-state index contributed by atoms with van der Waals surface area (Å²) in [6, 6.07) is 0.559. The molecule has 92 valence electrons. The number of likely N-dealkylation sites (tertiary alicyclic amines) is 1. The molecule has 0 bridgehead atoms. The molecule has 0 amide bonds. The van der Waals surface area contributed by atoms with Gasteiger partial charge < -0.3 is 10.0 Å². The number of carboxylic acid groups (broad SMARTS) is 1. The molecule has 0 unspecified atom stereocenters. The zero-order valence-electron chi connectivity index (χ0n) is 10.2. The van der Waals surface area contributed by atoms with Gasteiger partial charge in [0.05, 0.1) is 0 Å². The van der Waals surface area contributed by atoms with Gasteiger partial charge in [-0.3, -0.25) is 4.79 Å². The summed E-state index contributed by atoms with van der Waals surface area (Å²) >= 11 is 0. The van der Waals surface area contributed by atoms with Gasteiger partial charge in [-0.2, -0.15) is 0 Å². The van der Waals surface area contributed by atoms with Crippen LogP contribution in [0.2, 0.25) is 0 Å². The zero-order chi connectivity index (χ0) is 11.5.